The fraction of sp³-hybridized carbons (Fsp3) is 0.222. The number of nitriles is 1. The first-order valence-electron chi connectivity index (χ1n) is 3.97. The summed E-state index contributed by atoms with van der Waals surface area (Å²) in [5.74, 6) is -0.858. The Hall–Kier alpha value is -2.03. The molecule has 0 fully saturated rings. The van der Waals surface area contributed by atoms with E-state index in [4.69, 9.17) is 11.0 Å². The molecule has 1 heterocycles. The summed E-state index contributed by atoms with van der Waals surface area (Å²) < 4.78 is 24.8. The first-order valence-corrected chi connectivity index (χ1v) is 3.97. The summed E-state index contributed by atoms with van der Waals surface area (Å²) >= 11 is 0. The van der Waals surface area contributed by atoms with Crippen LogP contribution in [-0.4, -0.2) is 10.9 Å². The molecule has 2 N–H and O–H groups in total. The van der Waals surface area contributed by atoms with Crippen LogP contribution >= 0.6 is 0 Å². The summed E-state index contributed by atoms with van der Waals surface area (Å²) in [7, 11) is 0. The van der Waals surface area contributed by atoms with Crippen LogP contribution in [0.25, 0.3) is 0 Å². The fourth-order valence-electron chi connectivity index (χ4n) is 1.12. The van der Waals surface area contributed by atoms with Gasteiger partial charge in [-0.05, 0) is 18.6 Å². The number of nitrogens with two attached hydrogens (primary N) is 1. The first-order chi connectivity index (χ1) is 6.97. The van der Waals surface area contributed by atoms with Gasteiger partial charge in [0.25, 0.3) is 12.3 Å². The Kier molecular flexibility index (Phi) is 2.95. The summed E-state index contributed by atoms with van der Waals surface area (Å²) in [5.41, 5.74) is 4.09. The summed E-state index contributed by atoms with van der Waals surface area (Å²) in [4.78, 5) is 14.3. The van der Waals surface area contributed by atoms with Gasteiger partial charge in [-0.25, -0.2) is 13.8 Å². The third kappa shape index (κ3) is 2.07. The predicted octanol–water partition coefficient (Wildman–Crippen LogP) is 1.30. The van der Waals surface area contributed by atoms with Crippen LogP contribution in [-0.2, 0) is 0 Å². The van der Waals surface area contributed by atoms with E-state index in [-0.39, 0.29) is 16.8 Å². The topological polar surface area (TPSA) is 79.8 Å². The van der Waals surface area contributed by atoms with Crippen molar-refractivity contribution in [2.45, 2.75) is 13.3 Å². The highest BCUT2D eigenvalue weighted by molar-refractivity contribution is 5.95. The second-order valence-electron chi connectivity index (χ2n) is 2.86. The SMILES string of the molecule is Cc1cc(C(N)=O)c(C#N)nc1C(F)F. The number of primary amides is 1. The highest BCUT2D eigenvalue weighted by atomic mass is 19.3. The van der Waals surface area contributed by atoms with E-state index in [0.29, 0.717) is 0 Å². The zero-order valence-electron chi connectivity index (χ0n) is 7.79. The molecule has 4 nitrogen and oxygen atoms in total. The summed E-state index contributed by atoms with van der Waals surface area (Å²) in [6, 6.07) is 2.70. The molecule has 1 aromatic heterocycles. The molecule has 1 aromatic rings. The minimum Gasteiger partial charge on any atom is -0.366 e. The lowest BCUT2D eigenvalue weighted by Crippen LogP contribution is -2.15. The van der Waals surface area contributed by atoms with Crippen molar-refractivity contribution >= 4 is 5.91 Å². The standard InChI is InChI=1S/C9H7F2N3O/c1-4-2-5(9(13)15)6(3-12)14-7(4)8(10)11/h2,8H,1H3,(H2,13,15). The van der Waals surface area contributed by atoms with Crippen molar-refractivity contribution in [2.24, 2.45) is 5.73 Å². The zero-order valence-corrected chi connectivity index (χ0v) is 7.79. The van der Waals surface area contributed by atoms with Gasteiger partial charge < -0.3 is 5.73 Å². The van der Waals surface area contributed by atoms with Gasteiger partial charge in [0.05, 0.1) is 5.56 Å². The van der Waals surface area contributed by atoms with Gasteiger partial charge in [0, 0.05) is 0 Å². The number of nitrogens with zero attached hydrogens (tertiary/aromatic N) is 2. The second kappa shape index (κ2) is 4.00. The molecule has 0 aliphatic heterocycles. The van der Waals surface area contributed by atoms with Gasteiger partial charge in [-0.2, -0.15) is 5.26 Å². The average Bonchev–Trinajstić information content (AvgIpc) is 2.16. The van der Waals surface area contributed by atoms with Crippen LogP contribution in [0.15, 0.2) is 6.07 Å². The highest BCUT2D eigenvalue weighted by Crippen LogP contribution is 2.22. The maximum Gasteiger partial charge on any atom is 0.280 e. The molecule has 0 bridgehead atoms. The van der Waals surface area contributed by atoms with E-state index >= 15 is 0 Å². The minimum atomic E-state index is -2.78. The quantitative estimate of drug-likeness (QED) is 0.800. The Balaban J connectivity index is 3.44. The first kappa shape index (κ1) is 11.0. The van der Waals surface area contributed by atoms with Crippen LogP contribution < -0.4 is 5.73 Å². The lowest BCUT2D eigenvalue weighted by Gasteiger charge is -2.06. The van der Waals surface area contributed by atoms with E-state index in [1.54, 1.807) is 6.07 Å². The Morgan fingerprint density at radius 1 is 1.67 bits per heavy atom. The predicted molar refractivity (Wildman–Crippen MR) is 47.2 cm³/mol. The third-order valence-electron chi connectivity index (χ3n) is 1.83. The minimum absolute atomic E-state index is 0.137. The van der Waals surface area contributed by atoms with E-state index in [9.17, 15) is 13.6 Å². The zero-order chi connectivity index (χ0) is 11.6. The highest BCUT2D eigenvalue weighted by Gasteiger charge is 2.18. The van der Waals surface area contributed by atoms with Crippen LogP contribution in [0, 0.1) is 18.3 Å². The maximum absolute atomic E-state index is 12.4. The molecular weight excluding hydrogens is 204 g/mol. The molecule has 1 amide bonds. The van der Waals surface area contributed by atoms with Gasteiger partial charge in [0.1, 0.15) is 11.8 Å². The van der Waals surface area contributed by atoms with Gasteiger partial charge in [-0.3, -0.25) is 4.79 Å². The molecule has 0 radical (unpaired) electrons. The van der Waals surface area contributed by atoms with Crippen molar-refractivity contribution in [3.63, 3.8) is 0 Å². The number of carbonyl (C=O) groups is 1. The second-order valence-corrected chi connectivity index (χ2v) is 2.86. The molecule has 0 saturated carbocycles. The van der Waals surface area contributed by atoms with Gasteiger partial charge in [0.15, 0.2) is 5.69 Å². The Labute approximate surface area is 84.3 Å². The lowest BCUT2D eigenvalue weighted by atomic mass is 10.1. The number of amides is 1. The van der Waals surface area contributed by atoms with Crippen LogP contribution in [0.5, 0.6) is 0 Å². The Morgan fingerprint density at radius 2 is 2.27 bits per heavy atom. The Morgan fingerprint density at radius 3 is 2.67 bits per heavy atom. The van der Waals surface area contributed by atoms with E-state index in [2.05, 4.69) is 4.98 Å². The van der Waals surface area contributed by atoms with Gasteiger partial charge in [0.2, 0.25) is 0 Å². The smallest absolute Gasteiger partial charge is 0.280 e. The molecule has 15 heavy (non-hydrogen) atoms. The maximum atomic E-state index is 12.4. The molecule has 0 spiro atoms. The molecule has 6 heteroatoms. The van der Waals surface area contributed by atoms with Gasteiger partial charge in [-0.15, -0.1) is 0 Å². The molecule has 0 unspecified atom stereocenters. The Bertz CT molecular complexity index is 451. The van der Waals surface area contributed by atoms with Crippen molar-refractivity contribution in [2.75, 3.05) is 0 Å². The average molecular weight is 211 g/mol. The van der Waals surface area contributed by atoms with Gasteiger partial charge in [-0.1, -0.05) is 0 Å². The summed E-state index contributed by atoms with van der Waals surface area (Å²) in [6.07, 6.45) is -2.78. The van der Waals surface area contributed by atoms with Crippen molar-refractivity contribution in [3.05, 3.63) is 28.6 Å². The molecule has 0 atom stereocenters. The van der Waals surface area contributed by atoms with Crippen LogP contribution in [0.3, 0.4) is 0 Å². The number of aryl methyl sites for hydroxylation is 1. The lowest BCUT2D eigenvalue weighted by molar-refractivity contribution is 0.0998. The number of alkyl halides is 2. The molecular formula is C9H7F2N3O. The largest absolute Gasteiger partial charge is 0.366 e. The van der Waals surface area contributed by atoms with Crippen molar-refractivity contribution < 1.29 is 13.6 Å². The number of carbonyl (C=O) groups excluding carboxylic acids is 1. The summed E-state index contributed by atoms with van der Waals surface area (Å²) in [6.45, 7) is 1.38. The summed E-state index contributed by atoms with van der Waals surface area (Å²) in [5, 5.41) is 8.60. The number of aromatic nitrogens is 1. The van der Waals surface area contributed by atoms with Crippen LogP contribution in [0.2, 0.25) is 0 Å². The van der Waals surface area contributed by atoms with E-state index in [0.717, 1.165) is 6.07 Å². The number of halogens is 2. The fourth-order valence-corrected chi connectivity index (χ4v) is 1.12. The van der Waals surface area contributed by atoms with Crippen molar-refractivity contribution in [1.82, 2.24) is 4.98 Å². The number of pyridine rings is 1. The molecule has 0 aromatic carbocycles. The van der Waals surface area contributed by atoms with Crippen molar-refractivity contribution in [1.29, 1.82) is 5.26 Å². The molecule has 78 valence electrons. The van der Waals surface area contributed by atoms with Gasteiger partial charge >= 0.3 is 0 Å². The third-order valence-corrected chi connectivity index (χ3v) is 1.83. The number of rotatable bonds is 2. The van der Waals surface area contributed by atoms with E-state index < -0.39 is 18.0 Å². The molecule has 1 rings (SSSR count). The van der Waals surface area contributed by atoms with Crippen LogP contribution in [0.1, 0.15) is 33.7 Å². The normalized spacial score (nSPS) is 10.1. The molecule has 0 aliphatic carbocycles. The number of hydrogen-bond donors (Lipinski definition) is 1. The number of hydrogen-bond acceptors (Lipinski definition) is 3. The van der Waals surface area contributed by atoms with E-state index in [1.807, 2.05) is 0 Å². The monoisotopic (exact) mass is 211 g/mol. The van der Waals surface area contributed by atoms with Crippen molar-refractivity contribution in [3.8, 4) is 6.07 Å². The van der Waals surface area contributed by atoms with E-state index in [1.165, 1.54) is 6.92 Å². The van der Waals surface area contributed by atoms with Crippen LogP contribution in [0.4, 0.5) is 8.78 Å². The molecule has 0 aliphatic rings. The molecule has 0 saturated heterocycles.